The van der Waals surface area contributed by atoms with Crippen molar-refractivity contribution in [3.05, 3.63) is 41.0 Å². The highest BCUT2D eigenvalue weighted by Crippen LogP contribution is 2.17. The second-order valence-electron chi connectivity index (χ2n) is 3.84. The van der Waals surface area contributed by atoms with Crippen LogP contribution in [-0.4, -0.2) is 25.2 Å². The van der Waals surface area contributed by atoms with Crippen LogP contribution in [0.5, 0.6) is 0 Å². The summed E-state index contributed by atoms with van der Waals surface area (Å²) in [5.74, 6) is -0.817. The van der Waals surface area contributed by atoms with Crippen LogP contribution in [0.3, 0.4) is 0 Å². The summed E-state index contributed by atoms with van der Waals surface area (Å²) in [6, 6.07) is 5.41. The van der Waals surface area contributed by atoms with Gasteiger partial charge in [-0.15, -0.1) is 0 Å². The molecule has 0 aromatic heterocycles. The predicted molar refractivity (Wildman–Crippen MR) is 72.8 cm³/mol. The summed E-state index contributed by atoms with van der Waals surface area (Å²) >= 11 is 0. The second-order valence-corrected chi connectivity index (χ2v) is 3.84. The van der Waals surface area contributed by atoms with E-state index in [1.165, 1.54) is 6.08 Å². The Balaban J connectivity index is 3.04. The van der Waals surface area contributed by atoms with Crippen molar-refractivity contribution >= 4 is 18.0 Å². The van der Waals surface area contributed by atoms with E-state index in [9.17, 15) is 9.59 Å². The summed E-state index contributed by atoms with van der Waals surface area (Å²) in [6.07, 6.45) is 2.87. The van der Waals surface area contributed by atoms with Crippen LogP contribution in [0.25, 0.3) is 6.08 Å². The Hall–Kier alpha value is -2.10. The van der Waals surface area contributed by atoms with Crippen LogP contribution in [0.2, 0.25) is 0 Å². The zero-order chi connectivity index (χ0) is 14.3. The van der Waals surface area contributed by atoms with E-state index in [4.69, 9.17) is 9.47 Å². The lowest BCUT2D eigenvalue weighted by Crippen LogP contribution is -2.09. The minimum atomic E-state index is -0.432. The van der Waals surface area contributed by atoms with E-state index in [2.05, 4.69) is 0 Å². The van der Waals surface area contributed by atoms with Gasteiger partial charge in [-0.3, -0.25) is 0 Å². The zero-order valence-corrected chi connectivity index (χ0v) is 11.4. The maximum atomic E-state index is 11.9. The van der Waals surface area contributed by atoms with Gasteiger partial charge in [-0.05, 0) is 38.0 Å². The lowest BCUT2D eigenvalue weighted by Gasteiger charge is -2.08. The van der Waals surface area contributed by atoms with Gasteiger partial charge < -0.3 is 9.47 Å². The van der Waals surface area contributed by atoms with Crippen LogP contribution >= 0.6 is 0 Å². The molecule has 0 amide bonds. The van der Waals surface area contributed by atoms with Gasteiger partial charge >= 0.3 is 11.9 Å². The average Bonchev–Trinajstić information content (AvgIpc) is 2.37. The fourth-order valence-corrected chi connectivity index (χ4v) is 1.66. The summed E-state index contributed by atoms with van der Waals surface area (Å²) in [7, 11) is 0. The number of benzene rings is 1. The fourth-order valence-electron chi connectivity index (χ4n) is 1.66. The molecular weight excluding hydrogens is 244 g/mol. The molecule has 1 rings (SSSR count). The van der Waals surface area contributed by atoms with Crippen LogP contribution in [0.1, 0.15) is 35.3 Å². The van der Waals surface area contributed by atoms with Crippen molar-refractivity contribution in [2.75, 3.05) is 13.2 Å². The van der Waals surface area contributed by atoms with Gasteiger partial charge in [-0.25, -0.2) is 9.59 Å². The third-order valence-electron chi connectivity index (χ3n) is 2.47. The maximum Gasteiger partial charge on any atom is 0.338 e. The van der Waals surface area contributed by atoms with Gasteiger partial charge in [0, 0.05) is 6.08 Å². The van der Waals surface area contributed by atoms with Crippen LogP contribution < -0.4 is 0 Å². The number of esters is 2. The van der Waals surface area contributed by atoms with Crippen molar-refractivity contribution in [1.29, 1.82) is 0 Å². The van der Waals surface area contributed by atoms with E-state index < -0.39 is 5.97 Å². The van der Waals surface area contributed by atoms with E-state index in [0.29, 0.717) is 24.3 Å². The van der Waals surface area contributed by atoms with E-state index in [1.807, 2.05) is 19.1 Å². The van der Waals surface area contributed by atoms with Crippen molar-refractivity contribution < 1.29 is 19.1 Å². The first-order valence-corrected chi connectivity index (χ1v) is 6.21. The Labute approximate surface area is 113 Å². The third-order valence-corrected chi connectivity index (χ3v) is 2.47. The molecule has 0 atom stereocenters. The van der Waals surface area contributed by atoms with Crippen LogP contribution in [0, 0.1) is 6.92 Å². The summed E-state index contributed by atoms with van der Waals surface area (Å²) < 4.78 is 9.81. The molecule has 19 heavy (non-hydrogen) atoms. The number of carbonyl (C=O) groups is 2. The van der Waals surface area contributed by atoms with Gasteiger partial charge in [0.15, 0.2) is 0 Å². The van der Waals surface area contributed by atoms with Crippen molar-refractivity contribution in [1.82, 2.24) is 0 Å². The average molecular weight is 262 g/mol. The highest BCUT2D eigenvalue weighted by atomic mass is 16.5. The molecule has 0 aliphatic carbocycles. The molecule has 1 aromatic carbocycles. The molecule has 0 unspecified atom stereocenters. The Bertz CT molecular complexity index is 489. The Kier molecular flexibility index (Phi) is 5.79. The first kappa shape index (κ1) is 15.0. The molecular formula is C15H18O4. The molecule has 0 bridgehead atoms. The van der Waals surface area contributed by atoms with Crippen molar-refractivity contribution in [3.8, 4) is 0 Å². The number of rotatable bonds is 5. The lowest BCUT2D eigenvalue weighted by molar-refractivity contribution is -0.137. The van der Waals surface area contributed by atoms with Gasteiger partial charge in [0.2, 0.25) is 0 Å². The molecule has 0 N–H and O–H groups in total. The number of ether oxygens (including phenoxy) is 2. The van der Waals surface area contributed by atoms with E-state index in [-0.39, 0.29) is 5.97 Å². The summed E-state index contributed by atoms with van der Waals surface area (Å²) in [6.45, 7) is 5.95. The van der Waals surface area contributed by atoms with Gasteiger partial charge in [-0.2, -0.15) is 0 Å². The number of carbonyl (C=O) groups excluding carboxylic acids is 2. The summed E-state index contributed by atoms with van der Waals surface area (Å²) in [5, 5.41) is 0. The van der Waals surface area contributed by atoms with E-state index in [0.717, 1.165) is 5.56 Å². The third kappa shape index (κ3) is 4.25. The Morgan fingerprint density at radius 1 is 1.16 bits per heavy atom. The fraction of sp³-hybridized carbons (Fsp3) is 0.333. The quantitative estimate of drug-likeness (QED) is 0.605. The van der Waals surface area contributed by atoms with E-state index >= 15 is 0 Å². The normalized spacial score (nSPS) is 10.5. The largest absolute Gasteiger partial charge is 0.463 e. The standard InChI is InChI=1S/C15H18O4/c1-4-18-13(16)10-9-12-8-6-7-11(3)14(12)15(17)19-5-2/h6-10H,4-5H2,1-3H3/b10-9+. The highest BCUT2D eigenvalue weighted by Gasteiger charge is 2.13. The molecule has 0 aliphatic heterocycles. The summed E-state index contributed by atoms with van der Waals surface area (Å²) in [4.78, 5) is 23.2. The Morgan fingerprint density at radius 2 is 1.84 bits per heavy atom. The van der Waals surface area contributed by atoms with Crippen LogP contribution in [0.15, 0.2) is 24.3 Å². The molecule has 0 heterocycles. The number of aryl methyl sites for hydroxylation is 1. The van der Waals surface area contributed by atoms with Gasteiger partial charge in [0.1, 0.15) is 0 Å². The summed E-state index contributed by atoms with van der Waals surface area (Å²) in [5.41, 5.74) is 1.93. The van der Waals surface area contributed by atoms with Gasteiger partial charge in [-0.1, -0.05) is 18.2 Å². The van der Waals surface area contributed by atoms with Crippen LogP contribution in [-0.2, 0) is 14.3 Å². The first-order chi connectivity index (χ1) is 9.10. The highest BCUT2D eigenvalue weighted by molar-refractivity contribution is 5.97. The zero-order valence-electron chi connectivity index (χ0n) is 11.4. The monoisotopic (exact) mass is 262 g/mol. The molecule has 0 aliphatic rings. The molecule has 0 fully saturated rings. The molecule has 0 saturated heterocycles. The minimum absolute atomic E-state index is 0.314. The molecule has 4 heteroatoms. The molecule has 0 radical (unpaired) electrons. The van der Waals surface area contributed by atoms with Crippen molar-refractivity contribution in [3.63, 3.8) is 0 Å². The van der Waals surface area contributed by atoms with Gasteiger partial charge in [0.05, 0.1) is 18.8 Å². The van der Waals surface area contributed by atoms with Crippen LogP contribution in [0.4, 0.5) is 0 Å². The minimum Gasteiger partial charge on any atom is -0.463 e. The Morgan fingerprint density at radius 3 is 2.47 bits per heavy atom. The first-order valence-electron chi connectivity index (χ1n) is 6.21. The topological polar surface area (TPSA) is 52.6 Å². The van der Waals surface area contributed by atoms with Crippen molar-refractivity contribution in [2.45, 2.75) is 20.8 Å². The van der Waals surface area contributed by atoms with Gasteiger partial charge in [0.25, 0.3) is 0 Å². The maximum absolute atomic E-state index is 11.9. The molecule has 0 saturated carbocycles. The smallest absolute Gasteiger partial charge is 0.338 e. The molecule has 0 spiro atoms. The number of hydrogen-bond donors (Lipinski definition) is 0. The SMILES string of the molecule is CCOC(=O)/C=C/c1cccc(C)c1C(=O)OCC. The number of hydrogen-bond acceptors (Lipinski definition) is 4. The van der Waals surface area contributed by atoms with Crippen molar-refractivity contribution in [2.24, 2.45) is 0 Å². The molecule has 1 aromatic rings. The molecule has 4 nitrogen and oxygen atoms in total. The second kappa shape index (κ2) is 7.36. The predicted octanol–water partition coefficient (Wildman–Crippen LogP) is 2.75. The van der Waals surface area contributed by atoms with E-state index in [1.54, 1.807) is 26.0 Å². The lowest BCUT2D eigenvalue weighted by atomic mass is 10.0. The molecule has 102 valence electrons.